The van der Waals surface area contributed by atoms with Crippen molar-refractivity contribution < 1.29 is 34.4 Å². The van der Waals surface area contributed by atoms with E-state index in [0.717, 1.165) is 95.6 Å². The number of phenols is 4. The molecule has 105 heavy (non-hydrogen) atoms. The number of ether oxygens (including phenoxy) is 2. The standard InChI is InChI=1S/C24H22N2O2.C22H19N3O2.C21H17N3O.C19H16N4O2/c1-2-28-19-11-8-17(9-12-19)16-21(22-7-3-4-14-25-22)20-13-10-18-6-5-15-26-23(18)24(20)27;1-27-18-9-7-17(8-10-18)25-20(16-5-2-12-23-14-16)19-11-6-15-4-3-13-24-21(15)22(19)26;25-21-18(9-8-15-5-4-12-24-20(15)21)19(16-6-3-10-22-14-16)13-17-7-1-2-11-23-17;1-12-11-16(23-25-12)22-18(15-6-2-3-9-20-15)14-8-7-13-5-4-10-21-17(13)19(14)24/h3-15,21,27H,2,16H2,1H3;2-14,20,25-26H,1H3;1-12,14,19,25H,13H2;2-11,18,24H,1H3,(H,22,23). The predicted octanol–water partition coefficient (Wildman–Crippen LogP) is 17.6. The Kier molecular flexibility index (Phi) is 22.4. The number of phenolic OH excluding ortho intramolecular Hbond substituents is 4. The van der Waals surface area contributed by atoms with Crippen LogP contribution in [0.15, 0.2) is 303 Å². The zero-order valence-electron chi connectivity index (χ0n) is 57.7. The largest absolute Gasteiger partial charge is 0.505 e. The van der Waals surface area contributed by atoms with Gasteiger partial charge < -0.3 is 45.1 Å². The van der Waals surface area contributed by atoms with Crippen molar-refractivity contribution in [1.29, 1.82) is 0 Å². The molecular weight excluding hydrogens is 1310 g/mol. The molecule has 16 aromatic rings. The Balaban J connectivity index is 0.000000124. The van der Waals surface area contributed by atoms with Gasteiger partial charge in [0.25, 0.3) is 0 Å². The van der Waals surface area contributed by atoms with E-state index in [1.54, 1.807) is 75.1 Å². The van der Waals surface area contributed by atoms with Crippen molar-refractivity contribution in [1.82, 2.24) is 50.0 Å². The average molecular weight is 1390 g/mol. The van der Waals surface area contributed by atoms with E-state index in [4.69, 9.17) is 14.0 Å². The summed E-state index contributed by atoms with van der Waals surface area (Å²) in [6.07, 6.45) is 20.6. The van der Waals surface area contributed by atoms with Crippen LogP contribution >= 0.6 is 0 Å². The molecule has 6 N–H and O–H groups in total. The molecule has 10 aromatic heterocycles. The number of anilines is 2. The fourth-order valence-electron chi connectivity index (χ4n) is 12.6. The number of nitrogens with zero attached hydrogens (tertiary/aromatic N) is 10. The molecule has 0 fully saturated rings. The van der Waals surface area contributed by atoms with Gasteiger partial charge in [0.05, 0.1) is 31.5 Å². The van der Waals surface area contributed by atoms with Gasteiger partial charge in [0, 0.05) is 153 Å². The number of fused-ring (bicyclic) bond motifs is 4. The van der Waals surface area contributed by atoms with Gasteiger partial charge in [0.15, 0.2) is 5.82 Å². The van der Waals surface area contributed by atoms with Crippen molar-refractivity contribution in [2.45, 2.75) is 50.6 Å². The van der Waals surface area contributed by atoms with Gasteiger partial charge in [0.2, 0.25) is 0 Å². The smallest absolute Gasteiger partial charge is 0.170 e. The number of benzene rings is 6. The summed E-state index contributed by atoms with van der Waals surface area (Å²) in [6.45, 7) is 4.45. The van der Waals surface area contributed by atoms with Crippen LogP contribution in [0.1, 0.15) is 92.6 Å². The molecule has 4 atom stereocenters. The third kappa shape index (κ3) is 16.9. The van der Waals surface area contributed by atoms with Crippen LogP contribution in [0.2, 0.25) is 0 Å². The zero-order chi connectivity index (χ0) is 72.3. The van der Waals surface area contributed by atoms with Crippen molar-refractivity contribution in [3.8, 4) is 34.5 Å². The second kappa shape index (κ2) is 33.7. The zero-order valence-corrected chi connectivity index (χ0v) is 57.7. The van der Waals surface area contributed by atoms with Gasteiger partial charge in [-0.15, -0.1) is 0 Å². The van der Waals surface area contributed by atoms with E-state index in [0.29, 0.717) is 52.2 Å². The summed E-state index contributed by atoms with van der Waals surface area (Å²) in [5.41, 5.74) is 12.1. The molecule has 19 nitrogen and oxygen atoms in total. The van der Waals surface area contributed by atoms with E-state index >= 15 is 0 Å². The number of aromatic nitrogens is 10. The molecule has 520 valence electrons. The Morgan fingerprint density at radius 1 is 0.400 bits per heavy atom. The van der Waals surface area contributed by atoms with Crippen molar-refractivity contribution in [2.75, 3.05) is 24.4 Å². The van der Waals surface area contributed by atoms with Gasteiger partial charge in [-0.3, -0.25) is 44.9 Å². The Morgan fingerprint density at radius 2 is 0.867 bits per heavy atom. The van der Waals surface area contributed by atoms with Crippen LogP contribution in [-0.2, 0) is 12.8 Å². The third-order valence-corrected chi connectivity index (χ3v) is 17.8. The molecule has 0 saturated heterocycles. The van der Waals surface area contributed by atoms with E-state index in [9.17, 15) is 20.4 Å². The number of hydrogen-bond acceptors (Lipinski definition) is 19. The van der Waals surface area contributed by atoms with E-state index in [1.165, 1.54) is 0 Å². The van der Waals surface area contributed by atoms with Crippen LogP contribution in [0.3, 0.4) is 0 Å². The lowest BCUT2D eigenvalue weighted by Gasteiger charge is -2.22. The fraction of sp³-hybridized carbons (Fsp3) is 0.116. The van der Waals surface area contributed by atoms with Gasteiger partial charge in [-0.2, -0.15) is 0 Å². The monoisotopic (exact) mass is 1390 g/mol. The van der Waals surface area contributed by atoms with Crippen LogP contribution in [0.25, 0.3) is 43.6 Å². The molecule has 0 bridgehead atoms. The summed E-state index contributed by atoms with van der Waals surface area (Å²) >= 11 is 0. The van der Waals surface area contributed by atoms with E-state index in [1.807, 2.05) is 232 Å². The number of rotatable bonds is 19. The molecule has 0 aliphatic carbocycles. The van der Waals surface area contributed by atoms with Crippen molar-refractivity contribution >= 4 is 55.1 Å². The molecule has 0 aliphatic heterocycles. The topological polar surface area (TPSA) is 265 Å². The Labute approximate surface area is 606 Å². The second-order valence-corrected chi connectivity index (χ2v) is 24.5. The quantitative estimate of drug-likeness (QED) is 0.0439. The molecule has 19 heteroatoms. The van der Waals surface area contributed by atoms with Crippen molar-refractivity contribution in [3.05, 3.63) is 360 Å². The van der Waals surface area contributed by atoms with Crippen LogP contribution in [0, 0.1) is 6.92 Å². The molecule has 10 heterocycles. The first-order valence-corrected chi connectivity index (χ1v) is 34.2. The first-order chi connectivity index (χ1) is 51.6. The minimum absolute atomic E-state index is 0.0463. The summed E-state index contributed by atoms with van der Waals surface area (Å²) < 4.78 is 15.9. The maximum atomic E-state index is 11.0. The molecule has 0 amide bonds. The highest BCUT2D eigenvalue weighted by atomic mass is 16.5. The number of hydrogen-bond donors (Lipinski definition) is 6. The van der Waals surface area contributed by atoms with Gasteiger partial charge in [0.1, 0.15) is 62.3 Å². The van der Waals surface area contributed by atoms with E-state index in [-0.39, 0.29) is 40.9 Å². The summed E-state index contributed by atoms with van der Waals surface area (Å²) in [5.74, 6) is 3.54. The molecule has 0 saturated carbocycles. The molecule has 0 aliphatic rings. The maximum Gasteiger partial charge on any atom is 0.170 e. The highest BCUT2D eigenvalue weighted by molar-refractivity contribution is 5.88. The second-order valence-electron chi connectivity index (χ2n) is 24.5. The summed E-state index contributed by atoms with van der Waals surface area (Å²) in [6, 6.07) is 73.0. The van der Waals surface area contributed by atoms with Crippen LogP contribution in [0.5, 0.6) is 34.5 Å². The summed E-state index contributed by atoms with van der Waals surface area (Å²) in [5, 5.41) is 57.9. The number of pyridine rings is 9. The van der Waals surface area contributed by atoms with E-state index in [2.05, 4.69) is 72.8 Å². The maximum absolute atomic E-state index is 11.0. The molecular formula is C86H74N12O7. The van der Waals surface area contributed by atoms with Gasteiger partial charge in [-0.1, -0.05) is 120 Å². The number of aromatic hydroxyl groups is 4. The predicted molar refractivity (Wildman–Crippen MR) is 409 cm³/mol. The number of nitrogens with one attached hydrogen (secondary N) is 2. The first-order valence-electron chi connectivity index (χ1n) is 34.2. The minimum atomic E-state index is -0.392. The van der Waals surface area contributed by atoms with Crippen LogP contribution in [0.4, 0.5) is 11.5 Å². The lowest BCUT2D eigenvalue weighted by atomic mass is 9.87. The Morgan fingerprint density at radius 3 is 1.34 bits per heavy atom. The van der Waals surface area contributed by atoms with Crippen molar-refractivity contribution in [3.63, 3.8) is 0 Å². The Hall–Kier alpha value is -13.7. The normalized spacial score (nSPS) is 12.1. The Bertz CT molecular complexity index is 5480. The van der Waals surface area contributed by atoms with Crippen LogP contribution in [-0.4, -0.2) is 84.2 Å². The van der Waals surface area contributed by atoms with E-state index < -0.39 is 6.04 Å². The molecule has 0 spiro atoms. The van der Waals surface area contributed by atoms with Gasteiger partial charge in [-0.05, 0) is 146 Å². The molecule has 6 aromatic carbocycles. The SMILES string of the molecule is CCOc1ccc(CC(c2ccccn2)c2ccc3cccnc3c2O)cc1.COc1ccc(NC(c2cccnc2)c2ccc3cccnc3c2O)cc1.Cc1cc(NC(c2ccccn2)c2ccc3cccnc3c2O)no1.Oc1c(C(Cc2ccccn2)c2cccnc2)ccc2cccnc12. The number of methoxy groups -OCH3 is 1. The molecule has 16 rings (SSSR count). The summed E-state index contributed by atoms with van der Waals surface area (Å²) in [7, 11) is 1.64. The van der Waals surface area contributed by atoms with Crippen molar-refractivity contribution in [2.24, 2.45) is 0 Å². The lowest BCUT2D eigenvalue weighted by Crippen LogP contribution is -2.14. The fourth-order valence-corrected chi connectivity index (χ4v) is 12.6. The highest BCUT2D eigenvalue weighted by Crippen LogP contribution is 2.41. The molecule has 0 radical (unpaired) electrons. The summed E-state index contributed by atoms with van der Waals surface area (Å²) in [4.78, 5) is 39.3. The third-order valence-electron chi connectivity index (χ3n) is 17.8. The average Bonchev–Trinajstić information content (AvgIpc) is 0.912. The molecule has 4 unspecified atom stereocenters. The lowest BCUT2D eigenvalue weighted by molar-refractivity contribution is 0.340. The van der Waals surface area contributed by atoms with Crippen LogP contribution < -0.4 is 20.1 Å². The van der Waals surface area contributed by atoms with Gasteiger partial charge >= 0.3 is 0 Å². The minimum Gasteiger partial charge on any atom is -0.505 e. The first kappa shape index (κ1) is 69.8. The number of aryl methyl sites for hydroxylation is 1. The highest BCUT2D eigenvalue weighted by Gasteiger charge is 2.26. The van der Waals surface area contributed by atoms with Gasteiger partial charge in [-0.25, -0.2) is 0 Å².